The number of hydrogen-bond donors (Lipinski definition) is 2. The molecule has 0 fully saturated rings. The van der Waals surface area contributed by atoms with Gasteiger partial charge in [-0.25, -0.2) is 0 Å². The van der Waals surface area contributed by atoms with E-state index >= 15 is 0 Å². The Hall–Kier alpha value is -2.80. The lowest BCUT2D eigenvalue weighted by molar-refractivity contribution is -0.385. The van der Waals surface area contributed by atoms with E-state index in [-0.39, 0.29) is 12.1 Å². The van der Waals surface area contributed by atoms with Gasteiger partial charge < -0.3 is 10.2 Å². The molecule has 1 atom stereocenters. The van der Waals surface area contributed by atoms with Crippen LogP contribution < -0.4 is 0 Å². The molecule has 0 bridgehead atoms. The summed E-state index contributed by atoms with van der Waals surface area (Å²) in [7, 11) is 0. The minimum Gasteiger partial charge on any atom is -0.481 e. The van der Waals surface area contributed by atoms with Crippen LogP contribution in [0.15, 0.2) is 42.6 Å². The Bertz CT molecular complexity index is 667. The molecule has 1 aromatic carbocycles. The molecule has 0 saturated carbocycles. The first-order valence-corrected chi connectivity index (χ1v) is 6.56. The van der Waals surface area contributed by atoms with Gasteiger partial charge in [0.15, 0.2) is 0 Å². The molecule has 0 aliphatic carbocycles. The first-order chi connectivity index (χ1) is 10.5. The quantitative estimate of drug-likeness (QED) is 0.624. The van der Waals surface area contributed by atoms with Crippen molar-refractivity contribution in [2.45, 2.75) is 18.9 Å². The largest absolute Gasteiger partial charge is 0.481 e. The number of nitro groups is 1. The number of carboxylic acids is 1. The second-order valence-electron chi connectivity index (χ2n) is 4.74. The highest BCUT2D eigenvalue weighted by atomic mass is 16.6. The van der Waals surface area contributed by atoms with Crippen LogP contribution in [0.25, 0.3) is 0 Å². The molecule has 1 unspecified atom stereocenters. The van der Waals surface area contributed by atoms with Crippen LogP contribution in [0.2, 0.25) is 0 Å². The Kier molecular flexibility index (Phi) is 4.80. The monoisotopic (exact) mass is 302 g/mol. The van der Waals surface area contributed by atoms with Crippen LogP contribution >= 0.6 is 0 Å². The SMILES string of the molecule is O=C(O)CCc1ccc(C(O)c2ccc([N+](=O)[O-])cn2)cc1. The molecule has 7 nitrogen and oxygen atoms in total. The molecule has 0 aliphatic heterocycles. The fourth-order valence-electron chi connectivity index (χ4n) is 1.96. The van der Waals surface area contributed by atoms with E-state index in [4.69, 9.17) is 5.11 Å². The Balaban J connectivity index is 2.10. The number of nitrogens with zero attached hydrogens (tertiary/aromatic N) is 2. The number of benzene rings is 1. The number of aliphatic carboxylic acids is 1. The van der Waals surface area contributed by atoms with Gasteiger partial charge in [-0.1, -0.05) is 24.3 Å². The molecule has 2 aromatic rings. The third-order valence-corrected chi connectivity index (χ3v) is 3.18. The van der Waals surface area contributed by atoms with Crippen molar-refractivity contribution in [1.82, 2.24) is 4.98 Å². The number of aliphatic hydroxyl groups is 1. The third kappa shape index (κ3) is 3.86. The second kappa shape index (κ2) is 6.77. The van der Waals surface area contributed by atoms with E-state index in [2.05, 4.69) is 4.98 Å². The maximum absolute atomic E-state index is 10.6. The van der Waals surface area contributed by atoms with Crippen molar-refractivity contribution in [3.8, 4) is 0 Å². The molecule has 0 radical (unpaired) electrons. The van der Waals surface area contributed by atoms with Crippen LogP contribution in [-0.2, 0) is 11.2 Å². The molecular formula is C15H14N2O5. The van der Waals surface area contributed by atoms with E-state index < -0.39 is 17.0 Å². The highest BCUT2D eigenvalue weighted by Crippen LogP contribution is 2.22. The van der Waals surface area contributed by atoms with Gasteiger partial charge in [-0.3, -0.25) is 19.9 Å². The molecule has 7 heteroatoms. The number of aryl methyl sites for hydroxylation is 1. The molecule has 1 aromatic heterocycles. The van der Waals surface area contributed by atoms with Gasteiger partial charge in [0.25, 0.3) is 5.69 Å². The molecule has 2 N–H and O–H groups in total. The summed E-state index contributed by atoms with van der Waals surface area (Å²) in [5.41, 5.74) is 1.61. The van der Waals surface area contributed by atoms with Crippen LogP contribution in [0.1, 0.15) is 29.3 Å². The fourth-order valence-corrected chi connectivity index (χ4v) is 1.96. The Morgan fingerprint density at radius 3 is 2.41 bits per heavy atom. The van der Waals surface area contributed by atoms with Crippen molar-refractivity contribution in [1.29, 1.82) is 0 Å². The number of hydrogen-bond acceptors (Lipinski definition) is 5. The van der Waals surface area contributed by atoms with E-state index in [9.17, 15) is 20.0 Å². The zero-order valence-electron chi connectivity index (χ0n) is 11.5. The standard InChI is InChI=1S/C15H14N2O5/c18-14(19)8-3-10-1-4-11(5-2-10)15(20)13-7-6-12(9-16-13)17(21)22/h1-2,4-7,9,15,20H,3,8H2,(H,18,19). The summed E-state index contributed by atoms with van der Waals surface area (Å²) < 4.78 is 0. The summed E-state index contributed by atoms with van der Waals surface area (Å²) in [6.45, 7) is 0. The van der Waals surface area contributed by atoms with Crippen molar-refractivity contribution >= 4 is 11.7 Å². The first-order valence-electron chi connectivity index (χ1n) is 6.56. The fraction of sp³-hybridized carbons (Fsp3) is 0.200. The molecule has 114 valence electrons. The smallest absolute Gasteiger partial charge is 0.303 e. The summed E-state index contributed by atoms with van der Waals surface area (Å²) >= 11 is 0. The van der Waals surface area contributed by atoms with Crippen LogP contribution in [-0.4, -0.2) is 26.1 Å². The van der Waals surface area contributed by atoms with Crippen LogP contribution in [0, 0.1) is 10.1 Å². The minimum absolute atomic E-state index is 0.0474. The minimum atomic E-state index is -0.991. The lowest BCUT2D eigenvalue weighted by atomic mass is 10.0. The molecule has 0 saturated heterocycles. The topological polar surface area (TPSA) is 114 Å². The lowest BCUT2D eigenvalue weighted by Gasteiger charge is -2.11. The molecule has 1 heterocycles. The summed E-state index contributed by atoms with van der Waals surface area (Å²) in [4.78, 5) is 24.4. The van der Waals surface area contributed by atoms with Gasteiger partial charge in [0.1, 0.15) is 12.3 Å². The predicted molar refractivity (Wildman–Crippen MR) is 77.4 cm³/mol. The van der Waals surface area contributed by atoms with Gasteiger partial charge in [-0.15, -0.1) is 0 Å². The first kappa shape index (κ1) is 15.6. The molecule has 2 rings (SSSR count). The predicted octanol–water partition coefficient (Wildman–Crippen LogP) is 2.09. The van der Waals surface area contributed by atoms with Gasteiger partial charge in [0, 0.05) is 12.5 Å². The number of rotatable bonds is 6. The van der Waals surface area contributed by atoms with Gasteiger partial charge in [0.2, 0.25) is 0 Å². The zero-order valence-corrected chi connectivity index (χ0v) is 11.5. The van der Waals surface area contributed by atoms with Crippen molar-refractivity contribution < 1.29 is 19.9 Å². The number of carboxylic acid groups (broad SMARTS) is 1. The highest BCUT2D eigenvalue weighted by molar-refractivity contribution is 5.67. The number of pyridine rings is 1. The second-order valence-corrected chi connectivity index (χ2v) is 4.74. The van der Waals surface area contributed by atoms with E-state index in [1.165, 1.54) is 12.1 Å². The zero-order chi connectivity index (χ0) is 16.1. The number of aliphatic hydroxyl groups excluding tert-OH is 1. The lowest BCUT2D eigenvalue weighted by Crippen LogP contribution is -2.03. The van der Waals surface area contributed by atoms with Gasteiger partial charge in [0.05, 0.1) is 10.6 Å². The van der Waals surface area contributed by atoms with E-state index in [1.807, 2.05) is 0 Å². The van der Waals surface area contributed by atoms with E-state index in [0.29, 0.717) is 17.7 Å². The average molecular weight is 302 g/mol. The molecular weight excluding hydrogens is 288 g/mol. The van der Waals surface area contributed by atoms with Crippen molar-refractivity contribution in [3.05, 3.63) is 69.5 Å². The Morgan fingerprint density at radius 2 is 1.91 bits per heavy atom. The number of carbonyl (C=O) groups is 1. The Labute approximate surface area is 126 Å². The Morgan fingerprint density at radius 1 is 1.23 bits per heavy atom. The van der Waals surface area contributed by atoms with E-state index in [1.54, 1.807) is 24.3 Å². The maximum atomic E-state index is 10.6. The van der Waals surface area contributed by atoms with Gasteiger partial charge in [-0.05, 0) is 23.6 Å². The van der Waals surface area contributed by atoms with E-state index in [0.717, 1.165) is 11.8 Å². The summed E-state index contributed by atoms with van der Waals surface area (Å²) in [5.74, 6) is -0.862. The van der Waals surface area contributed by atoms with Crippen LogP contribution in [0.5, 0.6) is 0 Å². The van der Waals surface area contributed by atoms with Crippen molar-refractivity contribution in [2.24, 2.45) is 0 Å². The van der Waals surface area contributed by atoms with Crippen LogP contribution in [0.3, 0.4) is 0 Å². The number of aromatic nitrogens is 1. The van der Waals surface area contributed by atoms with Gasteiger partial charge in [-0.2, -0.15) is 0 Å². The summed E-state index contributed by atoms with van der Waals surface area (Å²) in [6.07, 6.45) is 0.571. The molecule has 0 amide bonds. The summed E-state index contributed by atoms with van der Waals surface area (Å²) in [6, 6.07) is 9.55. The molecule has 22 heavy (non-hydrogen) atoms. The molecule has 0 spiro atoms. The van der Waals surface area contributed by atoms with Gasteiger partial charge >= 0.3 is 5.97 Å². The summed E-state index contributed by atoms with van der Waals surface area (Å²) in [5, 5.41) is 29.4. The van der Waals surface area contributed by atoms with Crippen molar-refractivity contribution in [3.63, 3.8) is 0 Å². The average Bonchev–Trinajstić information content (AvgIpc) is 2.53. The maximum Gasteiger partial charge on any atom is 0.303 e. The normalized spacial score (nSPS) is 11.9. The van der Waals surface area contributed by atoms with Crippen molar-refractivity contribution in [2.75, 3.05) is 0 Å². The highest BCUT2D eigenvalue weighted by Gasteiger charge is 2.14. The third-order valence-electron chi connectivity index (χ3n) is 3.18. The van der Waals surface area contributed by atoms with Crippen LogP contribution in [0.4, 0.5) is 5.69 Å². The molecule has 0 aliphatic rings.